The number of nitrogens with zero attached hydrogens (tertiary/aromatic N) is 2. The van der Waals surface area contributed by atoms with Gasteiger partial charge in [-0.05, 0) is 105 Å². The van der Waals surface area contributed by atoms with Crippen LogP contribution in [-0.2, 0) is 26.5 Å². The number of nitrogens with two attached hydrogens (primary N) is 1. The van der Waals surface area contributed by atoms with Crippen molar-refractivity contribution in [3.63, 3.8) is 0 Å². The van der Waals surface area contributed by atoms with Gasteiger partial charge in [0.15, 0.2) is 0 Å². The Hall–Kier alpha value is -2.39. The number of halogens is 1. The number of carbonyl (C=O) groups excluding carboxylic acids is 1. The van der Waals surface area contributed by atoms with E-state index < -0.39 is 15.8 Å². The molecule has 2 N–H and O–H groups in total. The molecule has 6 rings (SSSR count). The maximum Gasteiger partial charge on any atom is 0.286 e. The number of ether oxygens (including phenoxy) is 2. The monoisotopic (exact) mass is 611 g/mol. The van der Waals surface area contributed by atoms with Crippen molar-refractivity contribution in [2.75, 3.05) is 31.7 Å². The van der Waals surface area contributed by atoms with Gasteiger partial charge in [-0.15, -0.1) is 4.36 Å². The van der Waals surface area contributed by atoms with E-state index in [1.807, 2.05) is 25.1 Å². The first-order chi connectivity index (χ1) is 20.2. The topological polar surface area (TPSA) is 94.2 Å². The second kappa shape index (κ2) is 11.9. The van der Waals surface area contributed by atoms with Crippen LogP contribution in [0, 0.1) is 11.8 Å². The van der Waals surface area contributed by atoms with Crippen molar-refractivity contribution >= 4 is 33.1 Å². The van der Waals surface area contributed by atoms with Crippen LogP contribution in [0.5, 0.6) is 5.75 Å². The van der Waals surface area contributed by atoms with E-state index in [1.54, 1.807) is 13.2 Å². The lowest BCUT2D eigenvalue weighted by Crippen LogP contribution is -2.49. The number of aryl methyl sites for hydroxylation is 1. The number of hydrogen-bond donors (Lipinski definition) is 1. The highest BCUT2D eigenvalue weighted by atomic mass is 35.5. The molecular formula is C33H42ClN3O4S. The predicted octanol–water partition coefficient (Wildman–Crippen LogP) is 6.46. The molecule has 1 amide bonds. The summed E-state index contributed by atoms with van der Waals surface area (Å²) >= 11 is 6.41. The molecule has 2 heterocycles. The van der Waals surface area contributed by atoms with Gasteiger partial charge in [0.2, 0.25) is 0 Å². The standard InChI is InChI=1S/C33H42ClN3O4S/c1-3-26-8-4-5-9-30(40-2)27-13-10-24(27)19-37-20-33(16-6-7-22-17-25(34)12-14-28(22)33)21-41-31-15-11-23(18-29(31)37)32(38)36-42(26,35)39/h5,9,11-12,14-15,17-18,24,26-27,30H,3-4,6-8,10,13,16,19-21H2,1-2H3,(H2,35,36,38,39)/b9-5+. The summed E-state index contributed by atoms with van der Waals surface area (Å²) in [6.45, 7) is 4.10. The molecule has 2 aromatic carbocycles. The highest BCUT2D eigenvalue weighted by Crippen LogP contribution is 2.47. The van der Waals surface area contributed by atoms with Crippen LogP contribution in [0.25, 0.3) is 0 Å². The predicted molar refractivity (Wildman–Crippen MR) is 169 cm³/mol. The summed E-state index contributed by atoms with van der Waals surface area (Å²) in [4.78, 5) is 15.9. The number of hydrogen-bond acceptors (Lipinski definition) is 5. The van der Waals surface area contributed by atoms with Crippen LogP contribution in [0.1, 0.15) is 73.4 Å². The summed E-state index contributed by atoms with van der Waals surface area (Å²) in [5.74, 6) is 1.06. The van der Waals surface area contributed by atoms with Gasteiger partial charge in [-0.3, -0.25) is 4.79 Å². The molecular weight excluding hydrogens is 570 g/mol. The van der Waals surface area contributed by atoms with Crippen molar-refractivity contribution in [1.82, 2.24) is 0 Å². The van der Waals surface area contributed by atoms with Crippen molar-refractivity contribution in [2.45, 2.75) is 75.1 Å². The number of fused-ring (bicyclic) bond motifs is 4. The summed E-state index contributed by atoms with van der Waals surface area (Å²) in [5, 5.41) is 6.64. The third-order valence-electron chi connectivity index (χ3n) is 10.0. The molecule has 2 aliphatic heterocycles. The number of allylic oxidation sites excluding steroid dienone is 1. The Labute approximate surface area is 255 Å². The van der Waals surface area contributed by atoms with E-state index in [0.29, 0.717) is 43.3 Å². The molecule has 226 valence electrons. The number of benzene rings is 2. The Morgan fingerprint density at radius 3 is 2.83 bits per heavy atom. The molecule has 4 aliphatic rings. The fraction of sp³-hybridized carbons (Fsp3) is 0.545. The fourth-order valence-electron chi connectivity index (χ4n) is 7.56. The van der Waals surface area contributed by atoms with E-state index in [9.17, 15) is 9.00 Å². The zero-order chi connectivity index (χ0) is 29.5. The zero-order valence-corrected chi connectivity index (χ0v) is 26.2. The summed E-state index contributed by atoms with van der Waals surface area (Å²) < 4.78 is 30.2. The highest BCUT2D eigenvalue weighted by Gasteiger charge is 2.44. The Morgan fingerprint density at radius 2 is 2.07 bits per heavy atom. The van der Waals surface area contributed by atoms with Gasteiger partial charge in [0.25, 0.3) is 5.91 Å². The van der Waals surface area contributed by atoms with Gasteiger partial charge in [0.1, 0.15) is 15.7 Å². The van der Waals surface area contributed by atoms with Gasteiger partial charge in [0, 0.05) is 36.2 Å². The van der Waals surface area contributed by atoms with Crippen LogP contribution in [0.3, 0.4) is 0 Å². The average molecular weight is 612 g/mol. The van der Waals surface area contributed by atoms with Crippen molar-refractivity contribution in [1.29, 1.82) is 0 Å². The minimum Gasteiger partial charge on any atom is -0.490 e. The van der Waals surface area contributed by atoms with Gasteiger partial charge in [0.05, 0.1) is 23.6 Å². The smallest absolute Gasteiger partial charge is 0.286 e. The Kier molecular flexibility index (Phi) is 8.44. The van der Waals surface area contributed by atoms with Crippen LogP contribution >= 0.6 is 11.6 Å². The molecule has 9 heteroatoms. The number of methoxy groups -OCH3 is 1. The average Bonchev–Trinajstić information content (AvgIpc) is 3.10. The van der Waals surface area contributed by atoms with Crippen molar-refractivity contribution in [3.05, 3.63) is 70.3 Å². The fourth-order valence-corrected chi connectivity index (χ4v) is 9.22. The molecule has 0 radical (unpaired) electrons. The molecule has 7 nitrogen and oxygen atoms in total. The van der Waals surface area contributed by atoms with Crippen LogP contribution in [-0.4, -0.2) is 48.3 Å². The van der Waals surface area contributed by atoms with Gasteiger partial charge in [-0.25, -0.2) is 9.35 Å². The minimum atomic E-state index is -3.22. The maximum absolute atomic E-state index is 13.5. The van der Waals surface area contributed by atoms with E-state index in [-0.39, 0.29) is 16.8 Å². The van der Waals surface area contributed by atoms with Crippen LogP contribution in [0.15, 0.2) is 52.9 Å². The lowest BCUT2D eigenvalue weighted by atomic mass is 9.68. The Balaban J connectivity index is 1.45. The minimum absolute atomic E-state index is 0.0192. The van der Waals surface area contributed by atoms with Gasteiger partial charge < -0.3 is 14.4 Å². The number of amides is 1. The lowest BCUT2D eigenvalue weighted by molar-refractivity contribution is 0.0132. The molecule has 2 aromatic rings. The van der Waals surface area contributed by atoms with Crippen molar-refractivity contribution in [2.24, 2.45) is 21.3 Å². The lowest BCUT2D eigenvalue weighted by Gasteiger charge is -2.46. The molecule has 0 aromatic heterocycles. The zero-order valence-electron chi connectivity index (χ0n) is 24.6. The van der Waals surface area contributed by atoms with E-state index in [1.165, 1.54) is 11.1 Å². The summed E-state index contributed by atoms with van der Waals surface area (Å²) in [6.07, 6.45) is 11.5. The molecule has 1 spiro atoms. The second-order valence-electron chi connectivity index (χ2n) is 12.5. The summed E-state index contributed by atoms with van der Waals surface area (Å²) in [5.41, 5.74) is 3.66. The number of anilines is 1. The first-order valence-corrected chi connectivity index (χ1v) is 17.3. The van der Waals surface area contributed by atoms with E-state index in [4.69, 9.17) is 26.2 Å². The SMILES string of the molecule is CCC1CC/C=C/C(OC)C2CCC2CN2CC3(CCCc4cc(Cl)ccc43)COc3ccc(cc32)C(=O)N=S1(N)=O. The summed E-state index contributed by atoms with van der Waals surface area (Å²) in [6, 6.07) is 11.7. The molecule has 1 fully saturated rings. The summed E-state index contributed by atoms with van der Waals surface area (Å²) in [7, 11) is -1.44. The van der Waals surface area contributed by atoms with Gasteiger partial charge in [-0.2, -0.15) is 0 Å². The largest absolute Gasteiger partial charge is 0.490 e. The van der Waals surface area contributed by atoms with Crippen LogP contribution in [0.2, 0.25) is 5.02 Å². The maximum atomic E-state index is 13.5. The van der Waals surface area contributed by atoms with Crippen molar-refractivity contribution < 1.29 is 18.5 Å². The molecule has 6 unspecified atom stereocenters. The molecule has 42 heavy (non-hydrogen) atoms. The second-order valence-corrected chi connectivity index (χ2v) is 15.0. The molecule has 1 saturated carbocycles. The van der Waals surface area contributed by atoms with Crippen LogP contribution in [0.4, 0.5) is 5.69 Å². The molecule has 6 atom stereocenters. The van der Waals surface area contributed by atoms with Crippen molar-refractivity contribution in [3.8, 4) is 5.75 Å². The van der Waals surface area contributed by atoms with E-state index in [2.05, 4.69) is 33.5 Å². The van der Waals surface area contributed by atoms with Gasteiger partial charge in [-0.1, -0.05) is 36.7 Å². The van der Waals surface area contributed by atoms with E-state index >= 15 is 0 Å². The van der Waals surface area contributed by atoms with Crippen LogP contribution < -0.4 is 14.8 Å². The Morgan fingerprint density at radius 1 is 1.21 bits per heavy atom. The molecule has 0 saturated heterocycles. The number of rotatable bonds is 2. The van der Waals surface area contributed by atoms with Gasteiger partial charge >= 0.3 is 0 Å². The third kappa shape index (κ3) is 5.63. The highest BCUT2D eigenvalue weighted by molar-refractivity contribution is 7.92. The molecule has 2 aliphatic carbocycles. The third-order valence-corrected chi connectivity index (χ3v) is 12.3. The van der Waals surface area contributed by atoms with E-state index in [0.717, 1.165) is 61.7 Å². The Bertz CT molecular complexity index is 1500. The molecule has 2 bridgehead atoms. The first-order valence-electron chi connectivity index (χ1n) is 15.3. The quantitative estimate of drug-likeness (QED) is 0.393. The normalized spacial score (nSPS) is 33.8. The first kappa shape index (κ1) is 29.7. The number of carbonyl (C=O) groups is 1.